The van der Waals surface area contributed by atoms with Gasteiger partial charge in [-0.15, -0.1) is 0 Å². The molecular formula is C18H32N2O2. The molecule has 3 fully saturated rings. The van der Waals surface area contributed by atoms with Crippen LogP contribution in [0.2, 0.25) is 0 Å². The summed E-state index contributed by atoms with van der Waals surface area (Å²) in [5.41, 5.74) is 0.273. The van der Waals surface area contributed by atoms with Gasteiger partial charge < -0.3 is 15.0 Å². The van der Waals surface area contributed by atoms with Gasteiger partial charge in [0, 0.05) is 31.5 Å². The van der Waals surface area contributed by atoms with Crippen molar-refractivity contribution < 1.29 is 9.53 Å². The van der Waals surface area contributed by atoms with Crippen LogP contribution in [-0.2, 0) is 9.53 Å². The Kier molecular flexibility index (Phi) is 5.08. The average Bonchev–Trinajstić information content (AvgIpc) is 3.20. The first-order chi connectivity index (χ1) is 10.7. The van der Waals surface area contributed by atoms with Crippen LogP contribution in [-0.4, -0.2) is 49.7 Å². The minimum Gasteiger partial charge on any atom is -0.378 e. The zero-order valence-corrected chi connectivity index (χ0v) is 14.3. The second kappa shape index (κ2) is 6.88. The van der Waals surface area contributed by atoms with Gasteiger partial charge in [-0.2, -0.15) is 0 Å². The van der Waals surface area contributed by atoms with Crippen molar-refractivity contribution in [3.63, 3.8) is 0 Å². The number of nitrogens with one attached hydrogen (secondary N) is 1. The van der Waals surface area contributed by atoms with E-state index in [0.717, 1.165) is 32.5 Å². The van der Waals surface area contributed by atoms with Crippen molar-refractivity contribution in [1.82, 2.24) is 10.2 Å². The molecule has 3 unspecified atom stereocenters. The Bertz CT molecular complexity index is 387. The topological polar surface area (TPSA) is 41.6 Å². The van der Waals surface area contributed by atoms with Crippen molar-refractivity contribution in [2.75, 3.05) is 26.7 Å². The van der Waals surface area contributed by atoms with Crippen LogP contribution in [0.1, 0.15) is 58.3 Å². The van der Waals surface area contributed by atoms with E-state index in [1.165, 1.54) is 32.1 Å². The third-order valence-electron chi connectivity index (χ3n) is 6.43. The van der Waals surface area contributed by atoms with Crippen LogP contribution in [0.15, 0.2) is 0 Å². The molecule has 0 bridgehead atoms. The number of hydrogen-bond donors (Lipinski definition) is 1. The number of hydrogen-bond acceptors (Lipinski definition) is 3. The van der Waals surface area contributed by atoms with Gasteiger partial charge in [0.05, 0.1) is 6.10 Å². The third-order valence-corrected chi connectivity index (χ3v) is 6.43. The summed E-state index contributed by atoms with van der Waals surface area (Å²) in [4.78, 5) is 14.7. The quantitative estimate of drug-likeness (QED) is 0.820. The summed E-state index contributed by atoms with van der Waals surface area (Å²) in [5, 5.41) is 3.39. The summed E-state index contributed by atoms with van der Waals surface area (Å²) in [6.07, 6.45) is 9.52. The first-order valence-corrected chi connectivity index (χ1v) is 9.25. The largest absolute Gasteiger partial charge is 0.378 e. The maximum absolute atomic E-state index is 12.6. The Morgan fingerprint density at radius 3 is 2.77 bits per heavy atom. The van der Waals surface area contributed by atoms with E-state index in [1.54, 1.807) is 0 Å². The molecule has 4 nitrogen and oxygen atoms in total. The minimum atomic E-state index is 0.273. The molecule has 1 N–H and O–H groups in total. The van der Waals surface area contributed by atoms with Crippen LogP contribution in [0.3, 0.4) is 0 Å². The number of nitrogens with zero attached hydrogens (tertiary/aromatic N) is 1. The molecule has 0 aromatic heterocycles. The molecular weight excluding hydrogens is 276 g/mol. The van der Waals surface area contributed by atoms with Gasteiger partial charge in [-0.25, -0.2) is 0 Å². The molecule has 126 valence electrons. The van der Waals surface area contributed by atoms with E-state index in [-0.39, 0.29) is 5.41 Å². The van der Waals surface area contributed by atoms with E-state index in [2.05, 4.69) is 17.1 Å². The third kappa shape index (κ3) is 2.92. The normalized spacial score (nSPS) is 33.1. The number of carbonyl (C=O) groups is 1. The van der Waals surface area contributed by atoms with Crippen molar-refractivity contribution >= 4 is 5.91 Å². The fourth-order valence-corrected chi connectivity index (χ4v) is 5.03. The standard InChI is InChI=1S/C18H32N2O2/c1-3-22-16-12-15(18(16)9-4-5-10-18)20(2)17(21)7-6-14-8-11-19-13-14/h14-16,19H,3-13H2,1-2H3. The van der Waals surface area contributed by atoms with Crippen molar-refractivity contribution in [2.24, 2.45) is 11.3 Å². The molecule has 1 saturated heterocycles. The van der Waals surface area contributed by atoms with Gasteiger partial charge in [-0.1, -0.05) is 12.8 Å². The van der Waals surface area contributed by atoms with E-state index in [4.69, 9.17) is 4.74 Å². The van der Waals surface area contributed by atoms with Crippen LogP contribution >= 0.6 is 0 Å². The lowest BCUT2D eigenvalue weighted by atomic mass is 9.60. The first kappa shape index (κ1) is 16.3. The maximum atomic E-state index is 12.6. The molecule has 3 atom stereocenters. The van der Waals surface area contributed by atoms with Crippen molar-refractivity contribution in [2.45, 2.75) is 70.4 Å². The Morgan fingerprint density at radius 2 is 2.14 bits per heavy atom. The maximum Gasteiger partial charge on any atom is 0.222 e. The Balaban J connectivity index is 1.54. The monoisotopic (exact) mass is 308 g/mol. The summed E-state index contributed by atoms with van der Waals surface area (Å²) in [7, 11) is 2.03. The highest BCUT2D eigenvalue weighted by molar-refractivity contribution is 5.76. The molecule has 1 amide bonds. The highest BCUT2D eigenvalue weighted by Crippen LogP contribution is 2.56. The molecule has 1 aliphatic heterocycles. The van der Waals surface area contributed by atoms with Gasteiger partial charge >= 0.3 is 0 Å². The van der Waals surface area contributed by atoms with Gasteiger partial charge in [0.15, 0.2) is 0 Å². The van der Waals surface area contributed by atoms with E-state index in [1.807, 2.05) is 7.05 Å². The zero-order chi connectivity index (χ0) is 15.6. The van der Waals surface area contributed by atoms with E-state index in [0.29, 0.717) is 30.4 Å². The van der Waals surface area contributed by atoms with E-state index >= 15 is 0 Å². The van der Waals surface area contributed by atoms with Gasteiger partial charge in [0.1, 0.15) is 0 Å². The van der Waals surface area contributed by atoms with Crippen LogP contribution in [0.5, 0.6) is 0 Å². The summed E-state index contributed by atoms with van der Waals surface area (Å²) >= 11 is 0. The average molecular weight is 308 g/mol. The number of carbonyl (C=O) groups excluding carboxylic acids is 1. The van der Waals surface area contributed by atoms with Crippen molar-refractivity contribution in [1.29, 1.82) is 0 Å². The van der Waals surface area contributed by atoms with Gasteiger partial charge in [0.25, 0.3) is 0 Å². The molecule has 0 radical (unpaired) electrons. The van der Waals surface area contributed by atoms with E-state index < -0.39 is 0 Å². The molecule has 2 saturated carbocycles. The predicted octanol–water partition coefficient (Wildman–Crippen LogP) is 2.57. The molecule has 22 heavy (non-hydrogen) atoms. The zero-order valence-electron chi connectivity index (χ0n) is 14.3. The number of amides is 1. The summed E-state index contributed by atoms with van der Waals surface area (Å²) in [6.45, 7) is 5.10. The molecule has 4 heteroatoms. The molecule has 0 aromatic carbocycles. The van der Waals surface area contributed by atoms with Gasteiger partial charge in [-0.05, 0) is 58.0 Å². The van der Waals surface area contributed by atoms with E-state index in [9.17, 15) is 4.79 Å². The highest BCUT2D eigenvalue weighted by Gasteiger charge is 2.58. The molecule has 3 rings (SSSR count). The predicted molar refractivity (Wildman–Crippen MR) is 87.7 cm³/mol. The Hall–Kier alpha value is -0.610. The summed E-state index contributed by atoms with van der Waals surface area (Å²) < 4.78 is 5.97. The Labute approximate surface area is 135 Å². The summed E-state index contributed by atoms with van der Waals surface area (Å²) in [6, 6.07) is 0.417. The lowest BCUT2D eigenvalue weighted by molar-refractivity contribution is -0.172. The van der Waals surface area contributed by atoms with Crippen LogP contribution < -0.4 is 5.32 Å². The van der Waals surface area contributed by atoms with Crippen molar-refractivity contribution in [3.8, 4) is 0 Å². The number of ether oxygens (including phenoxy) is 1. The lowest BCUT2D eigenvalue weighted by Gasteiger charge is -2.57. The Morgan fingerprint density at radius 1 is 1.36 bits per heavy atom. The molecule has 3 aliphatic rings. The molecule has 1 spiro atoms. The SMILES string of the molecule is CCOC1CC(N(C)C(=O)CCC2CCNC2)C12CCCC2. The van der Waals surface area contributed by atoms with Crippen molar-refractivity contribution in [3.05, 3.63) is 0 Å². The lowest BCUT2D eigenvalue weighted by Crippen LogP contribution is -2.64. The smallest absolute Gasteiger partial charge is 0.222 e. The molecule has 0 aromatic rings. The second-order valence-corrected chi connectivity index (χ2v) is 7.54. The van der Waals surface area contributed by atoms with Gasteiger partial charge in [0.2, 0.25) is 5.91 Å². The van der Waals surface area contributed by atoms with Gasteiger partial charge in [-0.3, -0.25) is 4.79 Å². The fraction of sp³-hybridized carbons (Fsp3) is 0.944. The first-order valence-electron chi connectivity index (χ1n) is 9.25. The summed E-state index contributed by atoms with van der Waals surface area (Å²) in [5.74, 6) is 1.05. The fourth-order valence-electron chi connectivity index (χ4n) is 5.03. The molecule has 1 heterocycles. The highest BCUT2D eigenvalue weighted by atomic mass is 16.5. The van der Waals surface area contributed by atoms with Crippen LogP contribution in [0.4, 0.5) is 0 Å². The number of rotatable bonds is 6. The molecule has 2 aliphatic carbocycles. The second-order valence-electron chi connectivity index (χ2n) is 7.54. The van der Waals surface area contributed by atoms with Crippen LogP contribution in [0.25, 0.3) is 0 Å². The minimum absolute atomic E-state index is 0.273. The van der Waals surface area contributed by atoms with Crippen LogP contribution in [0, 0.1) is 11.3 Å².